The minimum atomic E-state index is -0.338. The molecule has 0 fully saturated rings. The fraction of sp³-hybridized carbons (Fsp3) is 0.389. The van der Waals surface area contributed by atoms with E-state index in [-0.39, 0.29) is 11.7 Å². The summed E-state index contributed by atoms with van der Waals surface area (Å²) in [7, 11) is 0. The normalized spacial score (nSPS) is 13.2. The number of phenols is 1. The summed E-state index contributed by atoms with van der Waals surface area (Å²) in [5, 5.41) is 21.1. The van der Waals surface area contributed by atoms with Gasteiger partial charge < -0.3 is 10.0 Å². The second kappa shape index (κ2) is 7.38. The lowest BCUT2D eigenvalue weighted by Gasteiger charge is -2.21. The van der Waals surface area contributed by atoms with E-state index in [0.29, 0.717) is 11.3 Å². The molecule has 1 heterocycles. The molecule has 0 saturated heterocycles. The highest BCUT2D eigenvalue weighted by Gasteiger charge is 2.22. The molecule has 0 spiro atoms. The first-order chi connectivity index (χ1) is 12.1. The Bertz CT molecular complexity index is 793. The van der Waals surface area contributed by atoms with E-state index < -0.39 is 0 Å². The summed E-state index contributed by atoms with van der Waals surface area (Å²) in [6.07, 6.45) is 4.28. The molecular weight excluding hydrogens is 318 g/mol. The Balaban J connectivity index is 1.67. The van der Waals surface area contributed by atoms with Gasteiger partial charge in [-0.1, -0.05) is 0 Å². The zero-order valence-electron chi connectivity index (χ0n) is 14.5. The highest BCUT2D eigenvalue weighted by atomic mass is 16.3. The standard InChI is InChI=1S/C18H23N5O2/c1-3-23(4-2)13-9-8-12(16(24)10-13)11-19-22-18(25)17-14-6-5-7-15(14)20-21-17/h8-11,24H,3-7H2,1-2H3,(H,20,21)(H,22,25)/b19-11-. The van der Waals surface area contributed by atoms with Crippen LogP contribution >= 0.6 is 0 Å². The number of hydrazone groups is 1. The first-order valence-electron chi connectivity index (χ1n) is 8.61. The molecule has 7 heteroatoms. The molecule has 0 aliphatic heterocycles. The van der Waals surface area contributed by atoms with Gasteiger partial charge in [-0.05, 0) is 45.2 Å². The van der Waals surface area contributed by atoms with Gasteiger partial charge in [-0.3, -0.25) is 9.89 Å². The fourth-order valence-electron chi connectivity index (χ4n) is 3.15. The molecule has 132 valence electrons. The molecule has 0 saturated carbocycles. The molecule has 2 aromatic rings. The van der Waals surface area contributed by atoms with Crippen molar-refractivity contribution < 1.29 is 9.90 Å². The number of aromatic amines is 1. The van der Waals surface area contributed by atoms with Crippen molar-refractivity contribution in [1.29, 1.82) is 0 Å². The van der Waals surface area contributed by atoms with Gasteiger partial charge in [-0.25, -0.2) is 5.43 Å². The largest absolute Gasteiger partial charge is 0.507 e. The van der Waals surface area contributed by atoms with Crippen LogP contribution < -0.4 is 10.3 Å². The average molecular weight is 341 g/mol. The Labute approximate surface area is 146 Å². The number of aryl methyl sites for hydroxylation is 1. The number of amides is 1. The molecule has 0 unspecified atom stereocenters. The predicted octanol–water partition coefficient (Wildman–Crippen LogP) is 2.21. The van der Waals surface area contributed by atoms with E-state index in [0.717, 1.165) is 49.3 Å². The van der Waals surface area contributed by atoms with Crippen molar-refractivity contribution in [1.82, 2.24) is 15.6 Å². The third kappa shape index (κ3) is 3.50. The highest BCUT2D eigenvalue weighted by molar-refractivity contribution is 5.95. The third-order valence-electron chi connectivity index (χ3n) is 4.53. The van der Waals surface area contributed by atoms with Gasteiger partial charge in [-0.15, -0.1) is 0 Å². The van der Waals surface area contributed by atoms with Gasteiger partial charge in [0.25, 0.3) is 5.91 Å². The van der Waals surface area contributed by atoms with Gasteiger partial charge in [0.15, 0.2) is 5.69 Å². The van der Waals surface area contributed by atoms with Gasteiger partial charge in [0, 0.05) is 41.7 Å². The van der Waals surface area contributed by atoms with Crippen molar-refractivity contribution in [3.05, 3.63) is 40.7 Å². The molecular formula is C18H23N5O2. The summed E-state index contributed by atoms with van der Waals surface area (Å²) in [6.45, 7) is 5.87. The molecule has 0 radical (unpaired) electrons. The summed E-state index contributed by atoms with van der Waals surface area (Å²) in [5.41, 5.74) is 6.41. The summed E-state index contributed by atoms with van der Waals surface area (Å²) in [4.78, 5) is 14.3. The quantitative estimate of drug-likeness (QED) is 0.555. The number of aromatic hydroxyl groups is 1. The Morgan fingerprint density at radius 1 is 1.40 bits per heavy atom. The molecule has 0 atom stereocenters. The summed E-state index contributed by atoms with van der Waals surface area (Å²) >= 11 is 0. The number of nitrogens with one attached hydrogen (secondary N) is 2. The van der Waals surface area contributed by atoms with Crippen LogP contribution in [-0.4, -0.2) is 40.5 Å². The number of nitrogens with zero attached hydrogens (tertiary/aromatic N) is 3. The van der Waals surface area contributed by atoms with E-state index >= 15 is 0 Å². The van der Waals surface area contributed by atoms with E-state index in [2.05, 4.69) is 39.5 Å². The smallest absolute Gasteiger partial charge is 0.292 e. The predicted molar refractivity (Wildman–Crippen MR) is 97.3 cm³/mol. The second-order valence-corrected chi connectivity index (χ2v) is 6.00. The first-order valence-corrected chi connectivity index (χ1v) is 8.61. The maximum absolute atomic E-state index is 12.2. The second-order valence-electron chi connectivity index (χ2n) is 6.00. The molecule has 3 N–H and O–H groups in total. The molecule has 1 aliphatic rings. The number of anilines is 1. The number of phenolic OH excluding ortho intramolecular Hbond substituents is 1. The molecule has 1 aliphatic carbocycles. The fourth-order valence-corrected chi connectivity index (χ4v) is 3.15. The van der Waals surface area contributed by atoms with E-state index in [9.17, 15) is 9.90 Å². The summed E-state index contributed by atoms with van der Waals surface area (Å²) in [6, 6.07) is 5.41. The Hall–Kier alpha value is -2.83. The van der Waals surface area contributed by atoms with Gasteiger partial charge in [0.05, 0.1) is 6.21 Å². The number of aromatic nitrogens is 2. The first kappa shape index (κ1) is 17.0. The number of fused-ring (bicyclic) bond motifs is 1. The maximum Gasteiger partial charge on any atom is 0.292 e. The number of benzene rings is 1. The number of H-pyrrole nitrogens is 1. The molecule has 1 aromatic carbocycles. The number of carbonyl (C=O) groups excluding carboxylic acids is 1. The Morgan fingerprint density at radius 3 is 2.92 bits per heavy atom. The van der Waals surface area contributed by atoms with Crippen LogP contribution in [0.4, 0.5) is 5.69 Å². The SMILES string of the molecule is CCN(CC)c1ccc(/C=N\NC(=O)c2n[nH]c3c2CCC3)c(O)c1. The average Bonchev–Trinajstić information content (AvgIpc) is 3.21. The summed E-state index contributed by atoms with van der Waals surface area (Å²) < 4.78 is 0. The number of hydrogen-bond acceptors (Lipinski definition) is 5. The van der Waals surface area contributed by atoms with Crippen molar-refractivity contribution in [2.24, 2.45) is 5.10 Å². The van der Waals surface area contributed by atoms with Crippen molar-refractivity contribution in [3.8, 4) is 5.75 Å². The Morgan fingerprint density at radius 2 is 2.20 bits per heavy atom. The van der Waals surface area contributed by atoms with Crippen LogP contribution in [0, 0.1) is 0 Å². The van der Waals surface area contributed by atoms with Gasteiger partial charge in [0.1, 0.15) is 5.75 Å². The topological polar surface area (TPSA) is 93.6 Å². The van der Waals surface area contributed by atoms with Crippen LogP contribution in [0.1, 0.15) is 47.6 Å². The minimum Gasteiger partial charge on any atom is -0.507 e. The number of rotatable bonds is 6. The van der Waals surface area contributed by atoms with Crippen molar-refractivity contribution in [3.63, 3.8) is 0 Å². The van der Waals surface area contributed by atoms with Crippen LogP contribution in [-0.2, 0) is 12.8 Å². The maximum atomic E-state index is 12.2. The third-order valence-corrected chi connectivity index (χ3v) is 4.53. The van der Waals surface area contributed by atoms with Gasteiger partial charge in [-0.2, -0.15) is 10.2 Å². The van der Waals surface area contributed by atoms with E-state index in [4.69, 9.17) is 0 Å². The lowest BCUT2D eigenvalue weighted by Crippen LogP contribution is -2.21. The molecule has 1 amide bonds. The van der Waals surface area contributed by atoms with Gasteiger partial charge in [0.2, 0.25) is 0 Å². The lowest BCUT2D eigenvalue weighted by molar-refractivity contribution is 0.0949. The lowest BCUT2D eigenvalue weighted by atomic mass is 10.2. The molecule has 7 nitrogen and oxygen atoms in total. The van der Waals surface area contributed by atoms with E-state index in [1.165, 1.54) is 6.21 Å². The Kier molecular flexibility index (Phi) is 5.02. The highest BCUT2D eigenvalue weighted by Crippen LogP contribution is 2.24. The van der Waals surface area contributed by atoms with E-state index in [1.807, 2.05) is 6.07 Å². The van der Waals surface area contributed by atoms with Crippen molar-refractivity contribution in [2.75, 3.05) is 18.0 Å². The number of hydrogen-bond donors (Lipinski definition) is 3. The van der Waals surface area contributed by atoms with Crippen LogP contribution in [0.2, 0.25) is 0 Å². The van der Waals surface area contributed by atoms with Gasteiger partial charge >= 0.3 is 0 Å². The van der Waals surface area contributed by atoms with Crippen molar-refractivity contribution in [2.45, 2.75) is 33.1 Å². The monoisotopic (exact) mass is 341 g/mol. The molecule has 0 bridgehead atoms. The van der Waals surface area contributed by atoms with Crippen LogP contribution in [0.5, 0.6) is 5.75 Å². The molecule has 1 aromatic heterocycles. The van der Waals surface area contributed by atoms with Crippen LogP contribution in [0.25, 0.3) is 0 Å². The summed E-state index contributed by atoms with van der Waals surface area (Å²) in [5.74, 6) is -0.210. The zero-order chi connectivity index (χ0) is 17.8. The van der Waals surface area contributed by atoms with E-state index in [1.54, 1.807) is 12.1 Å². The molecule has 3 rings (SSSR count). The zero-order valence-corrected chi connectivity index (χ0v) is 14.5. The van der Waals surface area contributed by atoms with Crippen LogP contribution in [0.3, 0.4) is 0 Å². The minimum absolute atomic E-state index is 0.128. The van der Waals surface area contributed by atoms with Crippen molar-refractivity contribution >= 4 is 17.8 Å². The molecule has 25 heavy (non-hydrogen) atoms. The number of carbonyl (C=O) groups is 1. The van der Waals surface area contributed by atoms with Crippen LogP contribution in [0.15, 0.2) is 23.3 Å².